The first kappa shape index (κ1) is 21.4. The molecule has 0 bridgehead atoms. The summed E-state index contributed by atoms with van der Waals surface area (Å²) in [5, 5.41) is 16.9. The fourth-order valence-corrected chi connectivity index (χ4v) is 4.80. The number of aliphatic hydroxyl groups excluding tert-OH is 1. The fourth-order valence-electron chi connectivity index (χ4n) is 4.80. The molecule has 0 radical (unpaired) electrons. The minimum absolute atomic E-state index is 0.296. The Morgan fingerprint density at radius 3 is 2.97 bits per heavy atom. The van der Waals surface area contributed by atoms with Gasteiger partial charge < -0.3 is 25.0 Å². The van der Waals surface area contributed by atoms with Crippen molar-refractivity contribution in [3.8, 4) is 5.88 Å². The van der Waals surface area contributed by atoms with Gasteiger partial charge in [-0.05, 0) is 38.3 Å². The SMILES string of the molecule is COc1ncc(F)cc1[C@@]1(C)CCCN1c1ccn2ncc(NC(=O)N3CC[C@H](O)C3)c2n1. The number of nitrogens with zero attached hydrogens (tertiary/aromatic N) is 6. The number of halogens is 1. The molecule has 0 aliphatic carbocycles. The molecule has 174 valence electrons. The van der Waals surface area contributed by atoms with Gasteiger partial charge in [-0.3, -0.25) is 0 Å². The van der Waals surface area contributed by atoms with E-state index in [2.05, 4.69) is 20.3 Å². The first-order valence-corrected chi connectivity index (χ1v) is 10.9. The third kappa shape index (κ3) is 3.71. The maximum absolute atomic E-state index is 14.1. The maximum Gasteiger partial charge on any atom is 0.322 e. The van der Waals surface area contributed by atoms with Crippen molar-refractivity contribution < 1.29 is 19.0 Å². The molecule has 3 aromatic heterocycles. The number of pyridine rings is 1. The summed E-state index contributed by atoms with van der Waals surface area (Å²) in [6.45, 7) is 3.56. The minimum Gasteiger partial charge on any atom is -0.481 e. The molecule has 0 aromatic carbocycles. The summed E-state index contributed by atoms with van der Waals surface area (Å²) in [4.78, 5) is 25.2. The number of amides is 2. The number of carbonyl (C=O) groups is 1. The van der Waals surface area contributed by atoms with Crippen LogP contribution in [0.4, 0.5) is 20.7 Å². The Morgan fingerprint density at radius 1 is 1.36 bits per heavy atom. The molecule has 2 aliphatic heterocycles. The second-order valence-electron chi connectivity index (χ2n) is 8.67. The van der Waals surface area contributed by atoms with E-state index in [9.17, 15) is 14.3 Å². The molecule has 5 heterocycles. The number of hydrogen-bond acceptors (Lipinski definition) is 7. The van der Waals surface area contributed by atoms with Gasteiger partial charge in [0.25, 0.3) is 0 Å². The summed E-state index contributed by atoms with van der Waals surface area (Å²) >= 11 is 0. The predicted molar refractivity (Wildman–Crippen MR) is 119 cm³/mol. The van der Waals surface area contributed by atoms with E-state index in [4.69, 9.17) is 9.72 Å². The molecular formula is C22H26FN7O3. The zero-order chi connectivity index (χ0) is 23.2. The predicted octanol–water partition coefficient (Wildman–Crippen LogP) is 2.39. The van der Waals surface area contributed by atoms with Crippen molar-refractivity contribution in [1.82, 2.24) is 24.5 Å². The second-order valence-corrected chi connectivity index (χ2v) is 8.67. The number of ether oxygens (including phenoxy) is 1. The molecule has 10 nitrogen and oxygen atoms in total. The zero-order valence-corrected chi connectivity index (χ0v) is 18.5. The molecule has 33 heavy (non-hydrogen) atoms. The molecule has 0 spiro atoms. The van der Waals surface area contributed by atoms with E-state index in [0.29, 0.717) is 48.1 Å². The van der Waals surface area contributed by atoms with Gasteiger partial charge in [-0.25, -0.2) is 23.7 Å². The monoisotopic (exact) mass is 455 g/mol. The van der Waals surface area contributed by atoms with Crippen LogP contribution >= 0.6 is 0 Å². The summed E-state index contributed by atoms with van der Waals surface area (Å²) in [6.07, 6.45) is 6.23. The van der Waals surface area contributed by atoms with Crippen molar-refractivity contribution in [3.05, 3.63) is 42.1 Å². The van der Waals surface area contributed by atoms with Crippen LogP contribution in [0.15, 0.2) is 30.7 Å². The molecule has 2 amide bonds. The third-order valence-electron chi connectivity index (χ3n) is 6.56. The van der Waals surface area contributed by atoms with Gasteiger partial charge in [-0.15, -0.1) is 0 Å². The number of β-amino-alcohol motifs (C(OH)–C–C–N with tert-alkyl or cyclic N) is 1. The zero-order valence-electron chi connectivity index (χ0n) is 18.5. The van der Waals surface area contributed by atoms with E-state index >= 15 is 0 Å². The molecule has 2 atom stereocenters. The molecule has 2 N–H and O–H groups in total. The van der Waals surface area contributed by atoms with Gasteiger partial charge in [-0.1, -0.05) is 0 Å². The number of carbonyl (C=O) groups excluding carboxylic acids is 1. The van der Waals surface area contributed by atoms with Crippen LogP contribution in [0.2, 0.25) is 0 Å². The first-order valence-electron chi connectivity index (χ1n) is 10.9. The first-order chi connectivity index (χ1) is 15.9. The highest BCUT2D eigenvalue weighted by molar-refractivity contribution is 5.93. The lowest BCUT2D eigenvalue weighted by Crippen LogP contribution is -2.39. The number of anilines is 2. The highest BCUT2D eigenvalue weighted by Gasteiger charge is 2.42. The highest BCUT2D eigenvalue weighted by Crippen LogP contribution is 2.44. The van der Waals surface area contributed by atoms with Gasteiger partial charge in [0.05, 0.1) is 31.1 Å². The van der Waals surface area contributed by atoms with Crippen LogP contribution in [0.3, 0.4) is 0 Å². The number of hydrogen-bond donors (Lipinski definition) is 2. The van der Waals surface area contributed by atoms with E-state index in [0.717, 1.165) is 25.6 Å². The quantitative estimate of drug-likeness (QED) is 0.622. The number of aromatic nitrogens is 4. The van der Waals surface area contributed by atoms with Gasteiger partial charge in [0.15, 0.2) is 5.65 Å². The summed E-state index contributed by atoms with van der Waals surface area (Å²) in [6, 6.07) is 3.03. The molecule has 3 aromatic rings. The van der Waals surface area contributed by atoms with E-state index in [-0.39, 0.29) is 6.03 Å². The number of urea groups is 1. The topological polar surface area (TPSA) is 108 Å². The van der Waals surface area contributed by atoms with Crippen molar-refractivity contribution in [2.24, 2.45) is 0 Å². The van der Waals surface area contributed by atoms with Crippen molar-refractivity contribution in [1.29, 1.82) is 0 Å². The molecule has 2 aliphatic rings. The van der Waals surface area contributed by atoms with Crippen LogP contribution in [-0.2, 0) is 5.54 Å². The summed E-state index contributed by atoms with van der Waals surface area (Å²) in [5.74, 6) is 0.647. The largest absolute Gasteiger partial charge is 0.481 e. The lowest BCUT2D eigenvalue weighted by molar-refractivity contribution is 0.176. The van der Waals surface area contributed by atoms with Crippen LogP contribution in [0, 0.1) is 5.82 Å². The Hall–Kier alpha value is -3.47. The third-order valence-corrected chi connectivity index (χ3v) is 6.56. The number of nitrogens with one attached hydrogen (secondary N) is 1. The van der Waals surface area contributed by atoms with Crippen molar-refractivity contribution in [2.45, 2.75) is 37.8 Å². The van der Waals surface area contributed by atoms with Gasteiger partial charge in [0.1, 0.15) is 17.3 Å². The van der Waals surface area contributed by atoms with Crippen LogP contribution in [0.1, 0.15) is 31.7 Å². The van der Waals surface area contributed by atoms with Crippen LogP contribution < -0.4 is 15.0 Å². The number of methoxy groups -OCH3 is 1. The Labute approximate surface area is 190 Å². The van der Waals surface area contributed by atoms with Crippen LogP contribution in [0.5, 0.6) is 5.88 Å². The Balaban J connectivity index is 1.48. The lowest BCUT2D eigenvalue weighted by atomic mass is 9.90. The minimum atomic E-state index is -0.569. The average Bonchev–Trinajstić information content (AvgIpc) is 3.52. The molecule has 0 unspecified atom stereocenters. The van der Waals surface area contributed by atoms with Crippen molar-refractivity contribution in [3.63, 3.8) is 0 Å². The molecular weight excluding hydrogens is 429 g/mol. The summed E-state index contributed by atoms with van der Waals surface area (Å²) < 4.78 is 21.1. The molecule has 0 saturated carbocycles. The molecule has 5 rings (SSSR count). The second kappa shape index (κ2) is 8.14. The van der Waals surface area contributed by atoms with E-state index in [1.807, 2.05) is 13.0 Å². The van der Waals surface area contributed by atoms with Gasteiger partial charge in [0.2, 0.25) is 5.88 Å². The van der Waals surface area contributed by atoms with Crippen LogP contribution in [-0.4, -0.2) is 68.5 Å². The van der Waals surface area contributed by atoms with E-state index in [1.54, 1.807) is 21.8 Å². The highest BCUT2D eigenvalue weighted by atomic mass is 19.1. The number of likely N-dealkylation sites (tertiary alicyclic amines) is 1. The Bertz CT molecular complexity index is 1200. The number of rotatable bonds is 4. The summed E-state index contributed by atoms with van der Waals surface area (Å²) in [7, 11) is 1.53. The van der Waals surface area contributed by atoms with E-state index < -0.39 is 17.5 Å². The van der Waals surface area contributed by atoms with Crippen molar-refractivity contribution >= 4 is 23.2 Å². The number of fused-ring (bicyclic) bond motifs is 1. The summed E-state index contributed by atoms with van der Waals surface area (Å²) in [5.41, 5.74) is 1.08. The fraction of sp³-hybridized carbons (Fsp3) is 0.455. The number of aliphatic hydroxyl groups is 1. The normalized spacial score (nSPS) is 22.8. The van der Waals surface area contributed by atoms with Gasteiger partial charge in [0, 0.05) is 31.4 Å². The van der Waals surface area contributed by atoms with Crippen molar-refractivity contribution in [2.75, 3.05) is 37.0 Å². The molecule has 11 heteroatoms. The lowest BCUT2D eigenvalue weighted by Gasteiger charge is -2.37. The Kier molecular flexibility index (Phi) is 5.28. The average molecular weight is 455 g/mol. The van der Waals surface area contributed by atoms with Crippen LogP contribution in [0.25, 0.3) is 5.65 Å². The van der Waals surface area contributed by atoms with Gasteiger partial charge in [-0.2, -0.15) is 5.10 Å². The molecule has 2 saturated heterocycles. The van der Waals surface area contributed by atoms with Gasteiger partial charge >= 0.3 is 6.03 Å². The standard InChI is InChI=1S/C22H26FN7O3/c1-22(16-10-14(23)11-24-20(16)33-2)6-3-7-29(22)18-5-9-30-19(27-18)17(12-25-30)26-21(32)28-8-4-15(31)13-28/h5,9-12,15,31H,3-4,6-8,13H2,1-2H3,(H,26,32)/t15-,22+/m0/s1. The Morgan fingerprint density at radius 2 is 2.21 bits per heavy atom. The van der Waals surface area contributed by atoms with E-state index in [1.165, 1.54) is 13.2 Å². The molecule has 2 fully saturated rings. The maximum atomic E-state index is 14.1. The smallest absolute Gasteiger partial charge is 0.322 e.